The Hall–Kier alpha value is -1.19. The molecule has 0 radical (unpaired) electrons. The second-order valence-corrected chi connectivity index (χ2v) is 5.40. The Bertz CT molecular complexity index is 614. The molecule has 1 aliphatic rings. The summed E-state index contributed by atoms with van der Waals surface area (Å²) in [7, 11) is 1.65. The van der Waals surface area contributed by atoms with Crippen LogP contribution in [0.3, 0.4) is 0 Å². The fraction of sp³-hybridized carbons (Fsp3) is 0.429. The molecular formula is C14H16ClNO2. The monoisotopic (exact) mass is 265 g/mol. The van der Waals surface area contributed by atoms with Crippen LogP contribution in [0, 0.1) is 6.92 Å². The molecule has 1 aromatic carbocycles. The zero-order valence-corrected chi connectivity index (χ0v) is 11.3. The smallest absolute Gasteiger partial charge is 0.177 e. The van der Waals surface area contributed by atoms with Crippen molar-refractivity contribution < 1.29 is 9.15 Å². The number of ether oxygens (including phenoxy) is 1. The maximum absolute atomic E-state index is 6.52. The topological polar surface area (TPSA) is 48.4 Å². The van der Waals surface area contributed by atoms with Crippen LogP contribution < -0.4 is 10.5 Å². The Morgan fingerprint density at radius 3 is 2.72 bits per heavy atom. The normalized spacial score (nSPS) is 17.1. The zero-order valence-electron chi connectivity index (χ0n) is 10.5. The first kappa shape index (κ1) is 11.9. The molecular weight excluding hydrogens is 250 g/mol. The van der Waals surface area contributed by atoms with Gasteiger partial charge in [-0.15, -0.1) is 0 Å². The van der Waals surface area contributed by atoms with Crippen LogP contribution in [0.15, 0.2) is 16.5 Å². The number of halogens is 1. The van der Waals surface area contributed by atoms with E-state index in [1.165, 1.54) is 0 Å². The van der Waals surface area contributed by atoms with E-state index >= 15 is 0 Å². The number of hydrogen-bond donors (Lipinski definition) is 1. The van der Waals surface area contributed by atoms with Crippen LogP contribution in [0.5, 0.6) is 5.75 Å². The molecule has 96 valence electrons. The average Bonchev–Trinajstić information content (AvgIpc) is 3.06. The van der Waals surface area contributed by atoms with Gasteiger partial charge in [0.25, 0.3) is 0 Å². The van der Waals surface area contributed by atoms with Crippen LogP contribution in [0.1, 0.15) is 24.2 Å². The first-order valence-electron chi connectivity index (χ1n) is 6.08. The molecule has 1 heterocycles. The van der Waals surface area contributed by atoms with Crippen molar-refractivity contribution in [3.63, 3.8) is 0 Å². The summed E-state index contributed by atoms with van der Waals surface area (Å²) in [5.41, 5.74) is 7.75. The molecule has 3 nitrogen and oxygen atoms in total. The number of benzene rings is 1. The predicted molar refractivity (Wildman–Crippen MR) is 72.5 cm³/mol. The van der Waals surface area contributed by atoms with Crippen molar-refractivity contribution >= 4 is 22.6 Å². The second kappa shape index (κ2) is 3.90. The Morgan fingerprint density at radius 1 is 1.44 bits per heavy atom. The maximum Gasteiger partial charge on any atom is 0.177 e. The van der Waals surface area contributed by atoms with Gasteiger partial charge in [0.2, 0.25) is 0 Å². The van der Waals surface area contributed by atoms with Gasteiger partial charge < -0.3 is 14.9 Å². The molecule has 1 fully saturated rings. The van der Waals surface area contributed by atoms with Gasteiger partial charge in [-0.2, -0.15) is 0 Å². The van der Waals surface area contributed by atoms with Gasteiger partial charge in [-0.05, 0) is 37.5 Å². The number of fused-ring (bicyclic) bond motifs is 1. The predicted octanol–water partition coefficient (Wildman–Crippen LogP) is 3.39. The van der Waals surface area contributed by atoms with Gasteiger partial charge >= 0.3 is 0 Å². The Kier molecular flexibility index (Phi) is 2.57. The summed E-state index contributed by atoms with van der Waals surface area (Å²) in [6, 6.07) is 3.93. The molecule has 2 N–H and O–H groups in total. The van der Waals surface area contributed by atoms with Gasteiger partial charge in [-0.1, -0.05) is 11.6 Å². The minimum atomic E-state index is 0.0454. The molecule has 0 spiro atoms. The largest absolute Gasteiger partial charge is 0.493 e. The van der Waals surface area contributed by atoms with Gasteiger partial charge in [-0.25, -0.2) is 0 Å². The molecule has 3 rings (SSSR count). The summed E-state index contributed by atoms with van der Waals surface area (Å²) in [6.07, 6.45) is 2.18. The van der Waals surface area contributed by atoms with Gasteiger partial charge in [-0.3, -0.25) is 0 Å². The Labute approximate surface area is 111 Å². The molecule has 4 heteroatoms. The summed E-state index contributed by atoms with van der Waals surface area (Å²) in [4.78, 5) is 0. The lowest BCUT2D eigenvalue weighted by Crippen LogP contribution is -2.20. The minimum Gasteiger partial charge on any atom is -0.493 e. The number of nitrogens with two attached hydrogens (primary N) is 1. The van der Waals surface area contributed by atoms with Gasteiger partial charge in [0.15, 0.2) is 11.3 Å². The maximum atomic E-state index is 6.52. The van der Waals surface area contributed by atoms with Gasteiger partial charge in [0, 0.05) is 17.3 Å². The SMILES string of the molecule is COc1cc(C2(CN)CC2)c(Cl)c2cc(C)oc12. The standard InChI is InChI=1S/C14H16ClNO2/c1-8-5-9-12(15)10(14(7-16)3-4-14)6-11(17-2)13(9)18-8/h5-6H,3-4,7,16H2,1-2H3. The lowest BCUT2D eigenvalue weighted by Gasteiger charge is -2.16. The van der Waals surface area contributed by atoms with Crippen molar-refractivity contribution in [1.29, 1.82) is 0 Å². The third-order valence-electron chi connectivity index (χ3n) is 3.86. The van der Waals surface area contributed by atoms with E-state index in [0.717, 1.165) is 45.9 Å². The minimum absolute atomic E-state index is 0.0454. The summed E-state index contributed by atoms with van der Waals surface area (Å²) in [6.45, 7) is 2.53. The van der Waals surface area contributed by atoms with Crippen LogP contribution in [0.25, 0.3) is 11.0 Å². The number of hydrogen-bond acceptors (Lipinski definition) is 3. The van der Waals surface area contributed by atoms with Gasteiger partial charge in [0.1, 0.15) is 5.76 Å². The third kappa shape index (κ3) is 1.54. The number of rotatable bonds is 3. The highest BCUT2D eigenvalue weighted by Crippen LogP contribution is 2.52. The van der Waals surface area contributed by atoms with Crippen LogP contribution in [0.4, 0.5) is 0 Å². The van der Waals surface area contributed by atoms with E-state index in [9.17, 15) is 0 Å². The molecule has 18 heavy (non-hydrogen) atoms. The van der Waals surface area contributed by atoms with Crippen LogP contribution in [-0.2, 0) is 5.41 Å². The Morgan fingerprint density at radius 2 is 2.17 bits per heavy atom. The summed E-state index contributed by atoms with van der Waals surface area (Å²) in [5, 5.41) is 1.67. The highest BCUT2D eigenvalue weighted by atomic mass is 35.5. The number of aryl methyl sites for hydroxylation is 1. The van der Waals surface area contributed by atoms with E-state index in [4.69, 9.17) is 26.5 Å². The summed E-state index contributed by atoms with van der Waals surface area (Å²) < 4.78 is 11.1. The van der Waals surface area contributed by atoms with Crippen molar-refractivity contribution in [3.8, 4) is 5.75 Å². The van der Waals surface area contributed by atoms with E-state index in [-0.39, 0.29) is 5.41 Å². The molecule has 0 unspecified atom stereocenters. The Balaban J connectivity index is 2.30. The molecule has 1 saturated carbocycles. The van der Waals surface area contributed by atoms with Crippen molar-refractivity contribution in [2.75, 3.05) is 13.7 Å². The molecule has 0 aliphatic heterocycles. The lowest BCUT2D eigenvalue weighted by atomic mass is 9.94. The average molecular weight is 266 g/mol. The fourth-order valence-corrected chi connectivity index (χ4v) is 2.93. The van der Waals surface area contributed by atoms with Crippen LogP contribution >= 0.6 is 11.6 Å². The van der Waals surface area contributed by atoms with Crippen molar-refractivity contribution in [1.82, 2.24) is 0 Å². The fourth-order valence-electron chi connectivity index (χ4n) is 2.54. The third-order valence-corrected chi connectivity index (χ3v) is 4.27. The summed E-state index contributed by atoms with van der Waals surface area (Å²) in [5.74, 6) is 1.57. The van der Waals surface area contributed by atoms with Crippen molar-refractivity contribution in [2.45, 2.75) is 25.2 Å². The lowest BCUT2D eigenvalue weighted by molar-refractivity contribution is 0.407. The van der Waals surface area contributed by atoms with Crippen LogP contribution in [0.2, 0.25) is 5.02 Å². The number of methoxy groups -OCH3 is 1. The highest BCUT2D eigenvalue weighted by Gasteiger charge is 2.45. The molecule has 0 atom stereocenters. The van der Waals surface area contributed by atoms with Crippen molar-refractivity contribution in [3.05, 3.63) is 28.5 Å². The van der Waals surface area contributed by atoms with E-state index in [1.807, 2.05) is 19.1 Å². The molecule has 0 bridgehead atoms. The molecule has 0 amide bonds. The van der Waals surface area contributed by atoms with Crippen LogP contribution in [-0.4, -0.2) is 13.7 Å². The molecule has 2 aromatic rings. The molecule has 0 saturated heterocycles. The number of furan rings is 1. The van der Waals surface area contributed by atoms with Crippen molar-refractivity contribution in [2.24, 2.45) is 5.73 Å². The van der Waals surface area contributed by atoms with Gasteiger partial charge in [0.05, 0.1) is 12.1 Å². The molecule has 1 aliphatic carbocycles. The van der Waals surface area contributed by atoms with E-state index in [0.29, 0.717) is 6.54 Å². The quantitative estimate of drug-likeness (QED) is 0.925. The molecule has 1 aromatic heterocycles. The zero-order chi connectivity index (χ0) is 12.9. The van der Waals surface area contributed by atoms with E-state index in [2.05, 4.69) is 0 Å². The van der Waals surface area contributed by atoms with E-state index < -0.39 is 0 Å². The second-order valence-electron chi connectivity index (χ2n) is 5.02. The highest BCUT2D eigenvalue weighted by molar-refractivity contribution is 6.36. The van der Waals surface area contributed by atoms with E-state index in [1.54, 1.807) is 7.11 Å². The first-order chi connectivity index (χ1) is 8.61. The summed E-state index contributed by atoms with van der Waals surface area (Å²) >= 11 is 6.52. The first-order valence-corrected chi connectivity index (χ1v) is 6.46.